The SMILES string of the molecule is CC(O)c1cc(F)c(N2CCN(C(C)(C)C)CC2)c(F)c1. The fourth-order valence-corrected chi connectivity index (χ4v) is 2.73. The lowest BCUT2D eigenvalue weighted by Crippen LogP contribution is -2.53. The maximum Gasteiger partial charge on any atom is 0.149 e. The van der Waals surface area contributed by atoms with Gasteiger partial charge in [0.25, 0.3) is 0 Å². The minimum absolute atomic E-state index is 0.0213. The highest BCUT2D eigenvalue weighted by Crippen LogP contribution is 2.29. The summed E-state index contributed by atoms with van der Waals surface area (Å²) in [5.41, 5.74) is 0.356. The second-order valence-electron chi connectivity index (χ2n) is 6.65. The van der Waals surface area contributed by atoms with E-state index < -0.39 is 17.7 Å². The van der Waals surface area contributed by atoms with E-state index in [0.717, 1.165) is 13.1 Å². The number of hydrogen-bond donors (Lipinski definition) is 1. The van der Waals surface area contributed by atoms with E-state index >= 15 is 0 Å². The predicted octanol–water partition coefficient (Wildman–Crippen LogP) is 2.94. The van der Waals surface area contributed by atoms with Gasteiger partial charge in [0.15, 0.2) is 0 Å². The number of aliphatic hydroxyl groups is 1. The molecule has 1 aromatic rings. The van der Waals surface area contributed by atoms with Crippen LogP contribution in [0.1, 0.15) is 39.4 Å². The highest BCUT2D eigenvalue weighted by molar-refractivity contribution is 5.51. The molecule has 1 N–H and O–H groups in total. The van der Waals surface area contributed by atoms with Crippen molar-refractivity contribution in [1.29, 1.82) is 0 Å². The Bertz CT molecular complexity index is 480. The van der Waals surface area contributed by atoms with Gasteiger partial charge in [-0.05, 0) is 45.4 Å². The number of hydrogen-bond acceptors (Lipinski definition) is 3. The number of piperazine rings is 1. The number of nitrogens with zero attached hydrogens (tertiary/aromatic N) is 2. The number of benzene rings is 1. The number of halogens is 2. The van der Waals surface area contributed by atoms with Gasteiger partial charge in [-0.25, -0.2) is 8.78 Å². The van der Waals surface area contributed by atoms with Crippen molar-refractivity contribution in [2.45, 2.75) is 39.3 Å². The van der Waals surface area contributed by atoms with E-state index in [-0.39, 0.29) is 16.8 Å². The van der Waals surface area contributed by atoms with Crippen molar-refractivity contribution in [3.05, 3.63) is 29.3 Å². The summed E-state index contributed by atoms with van der Waals surface area (Å²) in [6.45, 7) is 10.7. The first-order valence-electron chi connectivity index (χ1n) is 7.37. The Morgan fingerprint density at radius 1 is 1.05 bits per heavy atom. The van der Waals surface area contributed by atoms with E-state index in [0.29, 0.717) is 13.1 Å². The van der Waals surface area contributed by atoms with Crippen LogP contribution in [0.3, 0.4) is 0 Å². The van der Waals surface area contributed by atoms with Crippen molar-refractivity contribution in [3.8, 4) is 0 Å². The molecule has 0 bridgehead atoms. The first-order chi connectivity index (χ1) is 9.70. The molecule has 1 fully saturated rings. The summed E-state index contributed by atoms with van der Waals surface area (Å²) in [5, 5.41) is 9.44. The van der Waals surface area contributed by atoms with Crippen LogP contribution in [0.15, 0.2) is 12.1 Å². The third-order valence-electron chi connectivity index (χ3n) is 4.07. The molecule has 0 amide bonds. The van der Waals surface area contributed by atoms with Crippen molar-refractivity contribution < 1.29 is 13.9 Å². The van der Waals surface area contributed by atoms with E-state index in [1.807, 2.05) is 0 Å². The molecule has 1 aliphatic rings. The third kappa shape index (κ3) is 3.52. The van der Waals surface area contributed by atoms with E-state index in [4.69, 9.17) is 0 Å². The highest BCUT2D eigenvalue weighted by atomic mass is 19.1. The normalized spacial score (nSPS) is 18.9. The second kappa shape index (κ2) is 5.89. The minimum atomic E-state index is -0.874. The molecule has 1 aliphatic heterocycles. The largest absolute Gasteiger partial charge is 0.389 e. The predicted molar refractivity (Wildman–Crippen MR) is 80.5 cm³/mol. The van der Waals surface area contributed by atoms with Gasteiger partial charge >= 0.3 is 0 Å². The number of aliphatic hydroxyl groups excluding tert-OH is 1. The average Bonchev–Trinajstić information content (AvgIpc) is 2.37. The lowest BCUT2D eigenvalue weighted by atomic mass is 10.0. The molecule has 1 unspecified atom stereocenters. The first kappa shape index (κ1) is 16.2. The van der Waals surface area contributed by atoms with Gasteiger partial charge in [0, 0.05) is 31.7 Å². The molecule has 1 heterocycles. The van der Waals surface area contributed by atoms with Gasteiger partial charge in [0.2, 0.25) is 0 Å². The summed E-state index contributed by atoms with van der Waals surface area (Å²) in [4.78, 5) is 4.06. The van der Waals surface area contributed by atoms with Crippen LogP contribution in [-0.4, -0.2) is 41.7 Å². The molecule has 21 heavy (non-hydrogen) atoms. The molecule has 0 spiro atoms. The van der Waals surface area contributed by atoms with E-state index in [9.17, 15) is 13.9 Å². The molecule has 1 aromatic carbocycles. The van der Waals surface area contributed by atoms with E-state index in [1.165, 1.54) is 19.1 Å². The van der Waals surface area contributed by atoms with Gasteiger partial charge < -0.3 is 10.0 Å². The topological polar surface area (TPSA) is 26.7 Å². The molecule has 0 aliphatic carbocycles. The molecule has 1 atom stereocenters. The molecule has 0 saturated carbocycles. The Balaban J connectivity index is 2.17. The molecular formula is C16H24F2N2O. The Hall–Kier alpha value is -1.20. The first-order valence-corrected chi connectivity index (χ1v) is 7.37. The van der Waals surface area contributed by atoms with Crippen LogP contribution in [-0.2, 0) is 0 Å². The van der Waals surface area contributed by atoms with Crippen LogP contribution >= 0.6 is 0 Å². The summed E-state index contributed by atoms with van der Waals surface area (Å²) in [7, 11) is 0. The fraction of sp³-hybridized carbons (Fsp3) is 0.625. The van der Waals surface area contributed by atoms with Crippen LogP contribution in [0.5, 0.6) is 0 Å². The number of rotatable bonds is 2. The zero-order chi connectivity index (χ0) is 15.8. The van der Waals surface area contributed by atoms with Crippen LogP contribution in [0, 0.1) is 11.6 Å². The van der Waals surface area contributed by atoms with Gasteiger partial charge in [0.05, 0.1) is 6.10 Å². The van der Waals surface area contributed by atoms with Crippen LogP contribution in [0.4, 0.5) is 14.5 Å². The zero-order valence-electron chi connectivity index (χ0n) is 13.2. The summed E-state index contributed by atoms with van der Waals surface area (Å²) in [6.07, 6.45) is -0.874. The van der Waals surface area contributed by atoms with Crippen LogP contribution in [0.25, 0.3) is 0 Å². The van der Waals surface area contributed by atoms with Crippen molar-refractivity contribution in [1.82, 2.24) is 4.90 Å². The lowest BCUT2D eigenvalue weighted by Gasteiger charge is -2.43. The minimum Gasteiger partial charge on any atom is -0.389 e. The standard InChI is InChI=1S/C16H24F2N2O/c1-11(21)12-9-13(17)15(14(18)10-12)19-5-7-20(8-6-19)16(2,3)4/h9-11,21H,5-8H2,1-4H3. The zero-order valence-corrected chi connectivity index (χ0v) is 13.2. The average molecular weight is 298 g/mol. The van der Waals surface area contributed by atoms with Crippen LogP contribution in [0.2, 0.25) is 0 Å². The molecular weight excluding hydrogens is 274 g/mol. The van der Waals surface area contributed by atoms with Gasteiger partial charge in [-0.1, -0.05) is 0 Å². The fourth-order valence-electron chi connectivity index (χ4n) is 2.73. The molecule has 1 saturated heterocycles. The Morgan fingerprint density at radius 3 is 1.90 bits per heavy atom. The quantitative estimate of drug-likeness (QED) is 0.909. The molecule has 5 heteroatoms. The summed E-state index contributed by atoms with van der Waals surface area (Å²) >= 11 is 0. The highest BCUT2D eigenvalue weighted by Gasteiger charge is 2.28. The van der Waals surface area contributed by atoms with Crippen molar-refractivity contribution in [3.63, 3.8) is 0 Å². The van der Waals surface area contributed by atoms with Crippen LogP contribution < -0.4 is 4.90 Å². The van der Waals surface area contributed by atoms with E-state index in [2.05, 4.69) is 25.7 Å². The smallest absolute Gasteiger partial charge is 0.149 e. The third-order valence-corrected chi connectivity index (χ3v) is 4.07. The molecule has 118 valence electrons. The Morgan fingerprint density at radius 2 is 1.52 bits per heavy atom. The van der Waals surface area contributed by atoms with Gasteiger partial charge in [-0.15, -0.1) is 0 Å². The maximum atomic E-state index is 14.2. The van der Waals surface area contributed by atoms with Crippen molar-refractivity contribution in [2.24, 2.45) is 0 Å². The Labute approximate surface area is 125 Å². The molecule has 0 radical (unpaired) electrons. The maximum absolute atomic E-state index is 14.2. The van der Waals surface area contributed by atoms with Gasteiger partial charge in [-0.3, -0.25) is 4.90 Å². The second-order valence-corrected chi connectivity index (χ2v) is 6.65. The van der Waals surface area contributed by atoms with Crippen molar-refractivity contribution in [2.75, 3.05) is 31.1 Å². The number of anilines is 1. The molecule has 0 aromatic heterocycles. The van der Waals surface area contributed by atoms with Gasteiger partial charge in [0.1, 0.15) is 17.3 Å². The van der Waals surface area contributed by atoms with Gasteiger partial charge in [-0.2, -0.15) is 0 Å². The molecule has 2 rings (SSSR count). The monoisotopic (exact) mass is 298 g/mol. The molecule has 3 nitrogen and oxygen atoms in total. The van der Waals surface area contributed by atoms with E-state index in [1.54, 1.807) is 4.90 Å². The lowest BCUT2D eigenvalue weighted by molar-refractivity contribution is 0.128. The Kier molecular flexibility index (Phi) is 4.54. The summed E-state index contributed by atoms with van der Waals surface area (Å²) in [5.74, 6) is -1.20. The summed E-state index contributed by atoms with van der Waals surface area (Å²) < 4.78 is 28.4. The van der Waals surface area contributed by atoms with Crippen molar-refractivity contribution >= 4 is 5.69 Å². The summed E-state index contributed by atoms with van der Waals surface area (Å²) in [6, 6.07) is 2.44.